The monoisotopic (exact) mass is 287 g/mol. The van der Waals surface area contributed by atoms with Crippen LogP contribution in [0, 0.1) is 0 Å². The first-order valence-corrected chi connectivity index (χ1v) is 5.61. The Hall–Kier alpha value is -1.07. The molecule has 1 rings (SSSR count). The molecule has 0 bridgehead atoms. The van der Waals surface area contributed by atoms with Crippen LogP contribution in [0.3, 0.4) is 0 Å². The summed E-state index contributed by atoms with van der Waals surface area (Å²) in [6.07, 6.45) is 0. The number of carboxylic acid groups (broad SMARTS) is 1. The van der Waals surface area contributed by atoms with Gasteiger partial charge in [0.25, 0.3) is 0 Å². The number of nitrogens with zero attached hydrogens (tertiary/aromatic N) is 1. The van der Waals surface area contributed by atoms with E-state index in [-0.39, 0.29) is 5.56 Å². The molecule has 4 nitrogen and oxygen atoms in total. The smallest absolute Gasteiger partial charge is 0.339 e. The number of benzene rings is 1. The molecule has 0 saturated carbocycles. The number of carbonyl (C=O) groups is 1. The van der Waals surface area contributed by atoms with Gasteiger partial charge in [-0.05, 0) is 42.2 Å². The number of carboxylic acids is 1. The lowest BCUT2D eigenvalue weighted by atomic mass is 10.2. The first kappa shape index (κ1) is 13.0. The van der Waals surface area contributed by atoms with E-state index in [1.807, 2.05) is 19.0 Å². The molecule has 1 aromatic rings. The van der Waals surface area contributed by atoms with Gasteiger partial charge in [-0.25, -0.2) is 4.79 Å². The largest absolute Gasteiger partial charge is 0.490 e. The van der Waals surface area contributed by atoms with Crippen LogP contribution in [-0.4, -0.2) is 43.2 Å². The topological polar surface area (TPSA) is 49.8 Å². The van der Waals surface area contributed by atoms with Crippen LogP contribution in [0.15, 0.2) is 22.7 Å². The molecule has 0 spiro atoms. The summed E-state index contributed by atoms with van der Waals surface area (Å²) >= 11 is 3.28. The molecule has 0 atom stereocenters. The summed E-state index contributed by atoms with van der Waals surface area (Å²) in [4.78, 5) is 12.9. The van der Waals surface area contributed by atoms with Crippen LogP contribution in [0.5, 0.6) is 5.75 Å². The first-order valence-electron chi connectivity index (χ1n) is 4.81. The van der Waals surface area contributed by atoms with E-state index in [1.165, 1.54) is 6.07 Å². The molecular formula is C11H14BrNO3. The average molecular weight is 288 g/mol. The Bertz CT molecular complexity index is 379. The summed E-state index contributed by atoms with van der Waals surface area (Å²) in [5, 5.41) is 8.99. The van der Waals surface area contributed by atoms with E-state index in [0.29, 0.717) is 16.8 Å². The first-order chi connectivity index (χ1) is 7.52. The second-order valence-corrected chi connectivity index (χ2v) is 4.43. The van der Waals surface area contributed by atoms with Crippen molar-refractivity contribution in [2.45, 2.75) is 0 Å². The minimum Gasteiger partial charge on any atom is -0.490 e. The van der Waals surface area contributed by atoms with E-state index in [2.05, 4.69) is 15.9 Å². The zero-order valence-corrected chi connectivity index (χ0v) is 10.8. The standard InChI is InChI=1S/C11H14BrNO3/c1-13(2)6-7-16-10-8(11(14)15)4-3-5-9(10)12/h3-5H,6-7H2,1-2H3,(H,14,15). The second kappa shape index (κ2) is 5.86. The van der Waals surface area contributed by atoms with Crippen LogP contribution in [0.1, 0.15) is 10.4 Å². The lowest BCUT2D eigenvalue weighted by Crippen LogP contribution is -2.20. The quantitative estimate of drug-likeness (QED) is 0.901. The van der Waals surface area contributed by atoms with E-state index in [9.17, 15) is 4.79 Å². The summed E-state index contributed by atoms with van der Waals surface area (Å²) in [5.74, 6) is -0.599. The lowest BCUT2D eigenvalue weighted by molar-refractivity contribution is 0.0691. The van der Waals surface area contributed by atoms with Crippen molar-refractivity contribution in [2.24, 2.45) is 0 Å². The summed E-state index contributed by atoms with van der Waals surface area (Å²) in [6, 6.07) is 4.96. The summed E-state index contributed by atoms with van der Waals surface area (Å²) in [7, 11) is 3.86. The van der Waals surface area contributed by atoms with Crippen molar-refractivity contribution >= 4 is 21.9 Å². The predicted molar refractivity (Wildman–Crippen MR) is 65.2 cm³/mol. The molecular weight excluding hydrogens is 274 g/mol. The zero-order valence-electron chi connectivity index (χ0n) is 9.24. The maximum absolute atomic E-state index is 11.0. The van der Waals surface area contributed by atoms with Gasteiger partial charge in [0.15, 0.2) is 0 Å². The van der Waals surface area contributed by atoms with Gasteiger partial charge in [-0.1, -0.05) is 6.07 Å². The number of para-hydroxylation sites is 1. The summed E-state index contributed by atoms with van der Waals surface area (Å²) in [6.45, 7) is 1.19. The van der Waals surface area contributed by atoms with Gasteiger partial charge >= 0.3 is 5.97 Å². The van der Waals surface area contributed by atoms with Crippen molar-refractivity contribution in [3.8, 4) is 5.75 Å². The number of halogens is 1. The van der Waals surface area contributed by atoms with Gasteiger partial charge in [0.05, 0.1) is 4.47 Å². The minimum absolute atomic E-state index is 0.174. The Labute approximate surface area is 103 Å². The number of hydrogen-bond acceptors (Lipinski definition) is 3. The number of hydrogen-bond donors (Lipinski definition) is 1. The lowest BCUT2D eigenvalue weighted by Gasteiger charge is -2.13. The Morgan fingerprint density at radius 1 is 1.50 bits per heavy atom. The molecule has 0 aromatic heterocycles. The van der Waals surface area contributed by atoms with Crippen LogP contribution < -0.4 is 4.74 Å². The molecule has 0 aliphatic rings. The molecule has 0 aliphatic carbocycles. The average Bonchev–Trinajstić information content (AvgIpc) is 2.19. The van der Waals surface area contributed by atoms with Gasteiger partial charge < -0.3 is 14.7 Å². The predicted octanol–water partition coefficient (Wildman–Crippen LogP) is 2.09. The van der Waals surface area contributed by atoms with E-state index in [1.54, 1.807) is 12.1 Å². The maximum atomic E-state index is 11.0. The molecule has 0 fully saturated rings. The van der Waals surface area contributed by atoms with Gasteiger partial charge in [0.2, 0.25) is 0 Å². The van der Waals surface area contributed by atoms with Crippen LogP contribution in [0.25, 0.3) is 0 Å². The van der Waals surface area contributed by atoms with E-state index in [0.717, 1.165) is 6.54 Å². The molecule has 1 N–H and O–H groups in total. The molecule has 0 aliphatic heterocycles. The molecule has 16 heavy (non-hydrogen) atoms. The Morgan fingerprint density at radius 3 is 2.75 bits per heavy atom. The second-order valence-electron chi connectivity index (χ2n) is 3.57. The number of aromatic carboxylic acids is 1. The molecule has 1 aromatic carbocycles. The fourth-order valence-electron chi connectivity index (χ4n) is 1.15. The molecule has 0 heterocycles. The molecule has 88 valence electrons. The Morgan fingerprint density at radius 2 is 2.19 bits per heavy atom. The SMILES string of the molecule is CN(C)CCOc1c(Br)cccc1C(=O)O. The van der Waals surface area contributed by atoms with Crippen molar-refractivity contribution in [3.63, 3.8) is 0 Å². The van der Waals surface area contributed by atoms with Crippen LogP contribution in [-0.2, 0) is 0 Å². The molecule has 0 radical (unpaired) electrons. The van der Waals surface area contributed by atoms with Gasteiger partial charge in [-0.15, -0.1) is 0 Å². The van der Waals surface area contributed by atoms with Crippen molar-refractivity contribution in [2.75, 3.05) is 27.2 Å². The van der Waals surface area contributed by atoms with Crippen LogP contribution in [0.2, 0.25) is 0 Å². The van der Waals surface area contributed by atoms with Crippen molar-refractivity contribution < 1.29 is 14.6 Å². The van der Waals surface area contributed by atoms with Gasteiger partial charge in [-0.3, -0.25) is 0 Å². The molecule has 0 unspecified atom stereocenters. The van der Waals surface area contributed by atoms with E-state index >= 15 is 0 Å². The van der Waals surface area contributed by atoms with E-state index in [4.69, 9.17) is 9.84 Å². The maximum Gasteiger partial charge on any atom is 0.339 e. The fourth-order valence-corrected chi connectivity index (χ4v) is 1.63. The number of likely N-dealkylation sites (N-methyl/N-ethyl adjacent to an activating group) is 1. The third kappa shape index (κ3) is 3.50. The highest BCUT2D eigenvalue weighted by Crippen LogP contribution is 2.28. The fraction of sp³-hybridized carbons (Fsp3) is 0.364. The van der Waals surface area contributed by atoms with Crippen molar-refractivity contribution in [3.05, 3.63) is 28.2 Å². The molecule has 0 saturated heterocycles. The Balaban J connectivity index is 2.80. The van der Waals surface area contributed by atoms with E-state index < -0.39 is 5.97 Å². The van der Waals surface area contributed by atoms with Crippen LogP contribution >= 0.6 is 15.9 Å². The Kier molecular flexibility index (Phi) is 4.76. The molecule has 0 amide bonds. The third-order valence-corrected chi connectivity index (χ3v) is 2.61. The van der Waals surface area contributed by atoms with Gasteiger partial charge in [-0.2, -0.15) is 0 Å². The van der Waals surface area contributed by atoms with Gasteiger partial charge in [0.1, 0.15) is 17.9 Å². The highest BCUT2D eigenvalue weighted by Gasteiger charge is 2.13. The highest BCUT2D eigenvalue weighted by atomic mass is 79.9. The normalized spacial score (nSPS) is 10.5. The number of ether oxygens (including phenoxy) is 1. The third-order valence-electron chi connectivity index (χ3n) is 1.98. The van der Waals surface area contributed by atoms with Gasteiger partial charge in [0, 0.05) is 6.54 Å². The minimum atomic E-state index is -0.985. The summed E-state index contributed by atoms with van der Waals surface area (Å²) in [5.41, 5.74) is 0.174. The van der Waals surface area contributed by atoms with Crippen molar-refractivity contribution in [1.82, 2.24) is 4.90 Å². The zero-order chi connectivity index (χ0) is 12.1. The summed E-state index contributed by atoms with van der Waals surface area (Å²) < 4.78 is 6.13. The van der Waals surface area contributed by atoms with Crippen molar-refractivity contribution in [1.29, 1.82) is 0 Å². The number of rotatable bonds is 5. The highest BCUT2D eigenvalue weighted by molar-refractivity contribution is 9.10. The van der Waals surface area contributed by atoms with Crippen LogP contribution in [0.4, 0.5) is 0 Å². The molecule has 5 heteroatoms.